The van der Waals surface area contributed by atoms with E-state index in [1.807, 2.05) is 66.4 Å². The summed E-state index contributed by atoms with van der Waals surface area (Å²) >= 11 is 0. The van der Waals surface area contributed by atoms with Gasteiger partial charge in [-0.2, -0.15) is 0 Å². The molecule has 0 spiro atoms. The minimum atomic E-state index is -1.53. The fourth-order valence-electron chi connectivity index (χ4n) is 10.8. The van der Waals surface area contributed by atoms with Crippen molar-refractivity contribution in [2.45, 2.75) is 80.4 Å². The second-order valence-electron chi connectivity index (χ2n) is 19.8. The number of aliphatic hydroxyl groups excluding tert-OH is 1. The first-order valence-corrected chi connectivity index (χ1v) is 25.4. The Morgan fingerprint density at radius 1 is 0.694 bits per heavy atom. The van der Waals surface area contributed by atoms with Crippen LogP contribution >= 0.6 is 0 Å². The molecule has 6 aromatic rings. The highest BCUT2D eigenvalue weighted by atomic mass is 19.1. The van der Waals surface area contributed by atoms with Crippen molar-refractivity contribution in [3.05, 3.63) is 95.5 Å². The van der Waals surface area contributed by atoms with E-state index in [0.29, 0.717) is 100 Å². The summed E-state index contributed by atoms with van der Waals surface area (Å²) in [4.78, 5) is 37.6. The van der Waals surface area contributed by atoms with Crippen LogP contribution in [0.5, 0.6) is 11.6 Å². The summed E-state index contributed by atoms with van der Waals surface area (Å²) in [6.07, 6.45) is 8.39. The van der Waals surface area contributed by atoms with Crippen LogP contribution in [0.2, 0.25) is 0 Å². The maximum Gasteiger partial charge on any atom is 0.235 e. The van der Waals surface area contributed by atoms with E-state index >= 15 is 4.39 Å². The molecule has 0 radical (unpaired) electrons. The lowest BCUT2D eigenvalue weighted by atomic mass is 9.65. The summed E-state index contributed by atoms with van der Waals surface area (Å²) in [5, 5.41) is 24.3. The lowest BCUT2D eigenvalue weighted by Gasteiger charge is -2.45. The lowest BCUT2D eigenvalue weighted by molar-refractivity contribution is -0.0716. The van der Waals surface area contributed by atoms with Crippen molar-refractivity contribution in [3.63, 3.8) is 0 Å². The fourth-order valence-corrected chi connectivity index (χ4v) is 10.8. The number of anilines is 4. The van der Waals surface area contributed by atoms with Crippen LogP contribution in [-0.4, -0.2) is 140 Å². The van der Waals surface area contributed by atoms with Gasteiger partial charge in [0.2, 0.25) is 5.88 Å². The largest absolute Gasteiger partial charge is 0.491 e. The van der Waals surface area contributed by atoms with Crippen LogP contribution in [0.25, 0.3) is 21.8 Å². The van der Waals surface area contributed by atoms with E-state index in [1.54, 1.807) is 19.5 Å². The summed E-state index contributed by atoms with van der Waals surface area (Å²) in [5.74, 6) is 3.10. The molecule has 2 unspecified atom stereocenters. The Balaban J connectivity index is 0.928. The molecule has 2 aliphatic carbocycles. The van der Waals surface area contributed by atoms with E-state index < -0.39 is 24.6 Å². The monoisotopic (exact) mass is 991 g/mol. The van der Waals surface area contributed by atoms with Gasteiger partial charge in [0.1, 0.15) is 48.6 Å². The molecule has 15 nitrogen and oxygen atoms in total. The topological polar surface area (TPSA) is 158 Å². The first-order valence-electron chi connectivity index (χ1n) is 25.4. The van der Waals surface area contributed by atoms with Crippen LogP contribution in [0.3, 0.4) is 0 Å². The maximum atomic E-state index is 15.7. The first-order chi connectivity index (χ1) is 35.0. The molecule has 0 amide bonds. The van der Waals surface area contributed by atoms with Crippen molar-refractivity contribution in [1.82, 2.24) is 29.9 Å². The van der Waals surface area contributed by atoms with Gasteiger partial charge in [-0.25, -0.2) is 38.1 Å². The number of hydrogen-bond acceptors (Lipinski definition) is 15. The number of hydrogen-bond donors (Lipinski definition) is 2. The summed E-state index contributed by atoms with van der Waals surface area (Å²) < 4.78 is 59.1. The van der Waals surface area contributed by atoms with Crippen molar-refractivity contribution in [3.8, 4) is 11.6 Å². The number of aromatic nitrogens is 6. The molecule has 3 aromatic heterocycles. The van der Waals surface area contributed by atoms with Gasteiger partial charge in [0.25, 0.3) is 0 Å². The Kier molecular flexibility index (Phi) is 14.5. The zero-order valence-corrected chi connectivity index (χ0v) is 41.5. The number of piperidine rings is 2. The predicted octanol–water partition coefficient (Wildman–Crippen LogP) is 8.06. The molecule has 72 heavy (non-hydrogen) atoms. The van der Waals surface area contributed by atoms with Gasteiger partial charge in [-0.1, -0.05) is 12.1 Å². The summed E-state index contributed by atoms with van der Waals surface area (Å²) in [6, 6.07) is 18.0. The number of rotatable bonds is 20. The molecule has 2 saturated heterocycles. The van der Waals surface area contributed by atoms with Crippen molar-refractivity contribution < 1.29 is 37.6 Å². The van der Waals surface area contributed by atoms with Crippen LogP contribution in [0.4, 0.5) is 36.2 Å². The number of ether oxygens (including phenoxy) is 3. The third-order valence-electron chi connectivity index (χ3n) is 15.4. The second-order valence-corrected chi connectivity index (χ2v) is 19.8. The third-order valence-corrected chi connectivity index (χ3v) is 15.4. The normalized spacial score (nSPS) is 20.2. The zero-order valence-electron chi connectivity index (χ0n) is 41.5. The number of benzene rings is 3. The molecule has 2 aliphatic heterocycles. The second kappa shape index (κ2) is 21.2. The van der Waals surface area contributed by atoms with Crippen LogP contribution in [0.1, 0.15) is 97.6 Å². The molecule has 5 heterocycles. The van der Waals surface area contributed by atoms with Crippen LogP contribution < -0.4 is 29.1 Å². The number of halogens is 3. The van der Waals surface area contributed by atoms with E-state index in [2.05, 4.69) is 31.9 Å². The van der Waals surface area contributed by atoms with Crippen molar-refractivity contribution in [1.29, 1.82) is 0 Å². The summed E-state index contributed by atoms with van der Waals surface area (Å²) in [7, 11) is 5.52. The quantitative estimate of drug-likeness (QED) is 0.0708. The molecule has 4 fully saturated rings. The highest BCUT2D eigenvalue weighted by molar-refractivity contribution is 5.93. The molecule has 2 N–H and O–H groups in total. The van der Waals surface area contributed by atoms with Gasteiger partial charge in [0, 0.05) is 99.7 Å². The number of methoxy groups -OCH3 is 1. The Morgan fingerprint density at radius 3 is 1.90 bits per heavy atom. The highest BCUT2D eigenvalue weighted by Gasteiger charge is 2.51. The standard InChI is InChI=1S/C54H65F3N10O5/c1-64(26-28-68)38-5-8-45-42(33-38)49(67-24-13-36(14-25-67)47-50(70-3)59-21-20-58-47)63-52(61-45)54(69)15-10-43(54)37-4-9-46(72-30-19-56)40(32-37)35-11-22-66(23-12-35)48-41-34-39(65(2)27-31-71-29-18-55)6-7-44(41)60-51(62-48)53(57)16-17-53/h4-9,20-21,32-36,43,68-69H,10-19,22-31H2,1-3H3. The summed E-state index contributed by atoms with van der Waals surface area (Å²) in [5.41, 5.74) is 3.11. The van der Waals surface area contributed by atoms with E-state index in [1.165, 1.54) is 0 Å². The predicted molar refractivity (Wildman–Crippen MR) is 272 cm³/mol. The van der Waals surface area contributed by atoms with E-state index in [0.717, 1.165) is 76.0 Å². The van der Waals surface area contributed by atoms with Gasteiger partial charge in [0.05, 0.1) is 38.0 Å². The van der Waals surface area contributed by atoms with E-state index in [4.69, 9.17) is 34.1 Å². The number of fused-ring (bicyclic) bond motifs is 2. The smallest absolute Gasteiger partial charge is 0.235 e. The zero-order chi connectivity index (χ0) is 50.0. The molecule has 382 valence electrons. The maximum absolute atomic E-state index is 15.7. The third kappa shape index (κ3) is 9.88. The van der Waals surface area contributed by atoms with Crippen LogP contribution in [0, 0.1) is 0 Å². The number of alkyl halides is 3. The van der Waals surface area contributed by atoms with Crippen molar-refractivity contribution in [2.75, 3.05) is 120 Å². The average Bonchev–Trinajstić information content (AvgIpc) is 4.18. The van der Waals surface area contributed by atoms with Gasteiger partial charge in [-0.15, -0.1) is 0 Å². The van der Waals surface area contributed by atoms with E-state index in [-0.39, 0.29) is 43.4 Å². The molecule has 0 bridgehead atoms. The average molecular weight is 991 g/mol. The van der Waals surface area contributed by atoms with E-state index in [9.17, 15) is 19.0 Å². The summed E-state index contributed by atoms with van der Waals surface area (Å²) in [6.45, 7) is 2.88. The number of likely N-dealkylation sites (N-methyl/N-ethyl adjacent to an activating group) is 2. The Hall–Kier alpha value is -6.11. The van der Waals surface area contributed by atoms with Crippen molar-refractivity contribution >= 4 is 44.8 Å². The first kappa shape index (κ1) is 49.5. The molecule has 4 aliphatic rings. The fraction of sp³-hybridized carbons (Fsp3) is 0.519. The van der Waals surface area contributed by atoms with Crippen LogP contribution in [-0.2, 0) is 16.0 Å². The van der Waals surface area contributed by atoms with Gasteiger partial charge in [-0.05, 0) is 111 Å². The van der Waals surface area contributed by atoms with Crippen LogP contribution in [0.15, 0.2) is 67.0 Å². The lowest BCUT2D eigenvalue weighted by Crippen LogP contribution is -2.44. The van der Waals surface area contributed by atoms with Gasteiger partial charge >= 0.3 is 0 Å². The van der Waals surface area contributed by atoms with Gasteiger partial charge < -0.3 is 44.0 Å². The molecule has 2 saturated carbocycles. The molecule has 3 aromatic carbocycles. The molecule has 18 heteroatoms. The minimum Gasteiger partial charge on any atom is -0.491 e. The molecular formula is C54H65F3N10O5. The minimum absolute atomic E-state index is 0.0139. The van der Waals surface area contributed by atoms with Crippen molar-refractivity contribution in [2.24, 2.45) is 0 Å². The Labute approximate surface area is 418 Å². The highest BCUT2D eigenvalue weighted by Crippen LogP contribution is 2.54. The molecular weight excluding hydrogens is 926 g/mol. The Bertz CT molecular complexity index is 2860. The molecule has 10 rings (SSSR count). The number of nitrogens with zero attached hydrogens (tertiary/aromatic N) is 10. The number of aliphatic hydroxyl groups is 2. The van der Waals surface area contributed by atoms with Gasteiger partial charge in [0.15, 0.2) is 17.3 Å². The Morgan fingerprint density at radius 2 is 1.31 bits per heavy atom. The SMILES string of the molecule is COc1nccnc1C1CCN(c2nc(C3(O)CCC3c3ccc(OCCF)c(C4CCN(c5nc(C6(F)CC6)nc6ccc(N(C)CCOCCF)cc56)CC4)c3)nc3ccc(N(C)CCO)cc23)CC1. The molecule has 2 atom stereocenters. The van der Waals surface area contributed by atoms with Gasteiger partial charge in [-0.3, -0.25) is 4.98 Å².